The molecule has 0 spiro atoms. The number of ether oxygens (including phenoxy) is 2. The van der Waals surface area contributed by atoms with Crippen molar-refractivity contribution in [2.24, 2.45) is 0 Å². The summed E-state index contributed by atoms with van der Waals surface area (Å²) in [5.41, 5.74) is 2.53. The van der Waals surface area contributed by atoms with E-state index in [4.69, 9.17) is 9.47 Å². The quantitative estimate of drug-likeness (QED) is 0.663. The number of hydrogen-bond acceptors (Lipinski definition) is 3. The molecule has 3 rings (SSSR count). The van der Waals surface area contributed by atoms with Crippen LogP contribution in [0, 0.1) is 0 Å². The van der Waals surface area contributed by atoms with Crippen molar-refractivity contribution in [1.29, 1.82) is 0 Å². The highest BCUT2D eigenvalue weighted by atomic mass is 16.5. The standard InChI is InChI=1S/C19H19NO3/c1-3-12-23-15-7-4-6-14(13-15)20-11-10-16-17(19(21)22-2)8-5-9-18(16)20/h4-11,13H,3,12H2,1-2H3. The second kappa shape index (κ2) is 6.57. The normalized spacial score (nSPS) is 10.7. The van der Waals surface area contributed by atoms with Crippen LogP contribution in [0.4, 0.5) is 0 Å². The highest BCUT2D eigenvalue weighted by Crippen LogP contribution is 2.26. The van der Waals surface area contributed by atoms with Crippen LogP contribution in [-0.4, -0.2) is 24.3 Å². The van der Waals surface area contributed by atoms with Crippen molar-refractivity contribution < 1.29 is 14.3 Å². The molecule has 4 heteroatoms. The van der Waals surface area contributed by atoms with E-state index in [-0.39, 0.29) is 5.97 Å². The average molecular weight is 309 g/mol. The zero-order valence-corrected chi connectivity index (χ0v) is 13.3. The monoisotopic (exact) mass is 309 g/mol. The number of fused-ring (bicyclic) bond motifs is 1. The minimum Gasteiger partial charge on any atom is -0.494 e. The molecule has 1 heterocycles. The summed E-state index contributed by atoms with van der Waals surface area (Å²) >= 11 is 0. The van der Waals surface area contributed by atoms with Crippen LogP contribution in [0.1, 0.15) is 23.7 Å². The topological polar surface area (TPSA) is 40.5 Å². The fraction of sp³-hybridized carbons (Fsp3) is 0.211. The number of esters is 1. The van der Waals surface area contributed by atoms with Crippen LogP contribution in [0.5, 0.6) is 5.75 Å². The number of carbonyl (C=O) groups is 1. The van der Waals surface area contributed by atoms with E-state index in [0.29, 0.717) is 12.2 Å². The fourth-order valence-electron chi connectivity index (χ4n) is 2.62. The van der Waals surface area contributed by atoms with Crippen LogP contribution in [0.25, 0.3) is 16.6 Å². The summed E-state index contributed by atoms with van der Waals surface area (Å²) in [6.45, 7) is 2.78. The molecule has 2 aromatic carbocycles. The summed E-state index contributed by atoms with van der Waals surface area (Å²) in [5, 5.41) is 0.874. The third kappa shape index (κ3) is 2.93. The Morgan fingerprint density at radius 2 is 1.96 bits per heavy atom. The van der Waals surface area contributed by atoms with Crippen molar-refractivity contribution in [1.82, 2.24) is 4.57 Å². The van der Waals surface area contributed by atoms with Gasteiger partial charge in [-0.05, 0) is 36.8 Å². The zero-order valence-electron chi connectivity index (χ0n) is 13.3. The Kier molecular flexibility index (Phi) is 4.33. The lowest BCUT2D eigenvalue weighted by Crippen LogP contribution is -2.02. The van der Waals surface area contributed by atoms with Crippen molar-refractivity contribution in [3.63, 3.8) is 0 Å². The van der Waals surface area contributed by atoms with Crippen LogP contribution in [-0.2, 0) is 4.74 Å². The van der Waals surface area contributed by atoms with E-state index in [2.05, 4.69) is 6.92 Å². The number of aromatic nitrogens is 1. The van der Waals surface area contributed by atoms with E-state index >= 15 is 0 Å². The number of hydrogen-bond donors (Lipinski definition) is 0. The first-order chi connectivity index (χ1) is 11.2. The molecule has 0 N–H and O–H groups in total. The molecule has 1 aromatic heterocycles. The Balaban J connectivity index is 2.06. The number of carbonyl (C=O) groups excluding carboxylic acids is 1. The number of nitrogens with zero attached hydrogens (tertiary/aromatic N) is 1. The van der Waals surface area contributed by atoms with Crippen molar-refractivity contribution in [3.8, 4) is 11.4 Å². The summed E-state index contributed by atoms with van der Waals surface area (Å²) in [7, 11) is 1.40. The molecular formula is C19H19NO3. The van der Waals surface area contributed by atoms with Gasteiger partial charge in [0.05, 0.1) is 24.8 Å². The van der Waals surface area contributed by atoms with Crippen molar-refractivity contribution in [2.75, 3.05) is 13.7 Å². The van der Waals surface area contributed by atoms with Gasteiger partial charge < -0.3 is 14.0 Å². The van der Waals surface area contributed by atoms with E-state index in [0.717, 1.165) is 28.8 Å². The van der Waals surface area contributed by atoms with Gasteiger partial charge in [-0.3, -0.25) is 0 Å². The van der Waals surface area contributed by atoms with E-state index in [1.807, 2.05) is 53.2 Å². The fourth-order valence-corrected chi connectivity index (χ4v) is 2.62. The third-order valence-electron chi connectivity index (χ3n) is 3.71. The van der Waals surface area contributed by atoms with Crippen LogP contribution in [0.2, 0.25) is 0 Å². The molecule has 0 aliphatic heterocycles. The molecular weight excluding hydrogens is 290 g/mol. The first-order valence-corrected chi connectivity index (χ1v) is 7.66. The molecule has 0 aliphatic carbocycles. The molecule has 0 saturated carbocycles. The third-order valence-corrected chi connectivity index (χ3v) is 3.71. The molecule has 0 atom stereocenters. The van der Waals surface area contributed by atoms with Crippen molar-refractivity contribution in [2.45, 2.75) is 13.3 Å². The Morgan fingerprint density at radius 1 is 1.13 bits per heavy atom. The van der Waals surface area contributed by atoms with Crippen molar-refractivity contribution >= 4 is 16.9 Å². The maximum absolute atomic E-state index is 11.9. The van der Waals surface area contributed by atoms with Crippen LogP contribution >= 0.6 is 0 Å². The summed E-state index contributed by atoms with van der Waals surface area (Å²) in [5.74, 6) is 0.517. The molecule has 4 nitrogen and oxygen atoms in total. The van der Waals surface area contributed by atoms with E-state index < -0.39 is 0 Å². The van der Waals surface area contributed by atoms with Gasteiger partial charge in [-0.25, -0.2) is 4.79 Å². The molecule has 0 radical (unpaired) electrons. The molecule has 0 saturated heterocycles. The van der Waals surface area contributed by atoms with E-state index in [1.165, 1.54) is 7.11 Å². The Bertz CT molecular complexity index is 836. The second-order valence-corrected chi connectivity index (χ2v) is 5.26. The van der Waals surface area contributed by atoms with Gasteiger partial charge in [-0.2, -0.15) is 0 Å². The minimum absolute atomic E-state index is 0.326. The molecule has 0 amide bonds. The highest BCUT2D eigenvalue weighted by molar-refractivity contribution is 6.04. The van der Waals surface area contributed by atoms with Gasteiger partial charge >= 0.3 is 5.97 Å². The van der Waals surface area contributed by atoms with Gasteiger partial charge in [0, 0.05) is 23.3 Å². The lowest BCUT2D eigenvalue weighted by Gasteiger charge is -2.09. The smallest absolute Gasteiger partial charge is 0.338 e. The lowest BCUT2D eigenvalue weighted by molar-refractivity contribution is 0.0603. The maximum atomic E-state index is 11.9. The number of rotatable bonds is 5. The average Bonchev–Trinajstić information content (AvgIpc) is 3.03. The molecule has 0 aliphatic rings. The molecule has 0 unspecified atom stereocenters. The summed E-state index contributed by atoms with van der Waals surface area (Å²) in [6, 6.07) is 15.5. The summed E-state index contributed by atoms with van der Waals surface area (Å²) in [6.07, 6.45) is 2.93. The molecule has 3 aromatic rings. The SMILES string of the molecule is CCCOc1cccc(-n2ccc3c(C(=O)OC)cccc32)c1. The molecule has 0 fully saturated rings. The predicted molar refractivity (Wildman–Crippen MR) is 90.4 cm³/mol. The summed E-state index contributed by atoms with van der Waals surface area (Å²) < 4.78 is 12.6. The Morgan fingerprint density at radius 3 is 2.74 bits per heavy atom. The van der Waals surface area contributed by atoms with Crippen molar-refractivity contribution in [3.05, 3.63) is 60.3 Å². The Hall–Kier alpha value is -2.75. The largest absolute Gasteiger partial charge is 0.494 e. The van der Waals surface area contributed by atoms with Gasteiger partial charge in [0.15, 0.2) is 0 Å². The number of methoxy groups -OCH3 is 1. The first kappa shape index (κ1) is 15.2. The van der Waals surface area contributed by atoms with Crippen LogP contribution < -0.4 is 4.74 Å². The van der Waals surface area contributed by atoms with Gasteiger partial charge in [0.2, 0.25) is 0 Å². The van der Waals surface area contributed by atoms with Gasteiger partial charge in [0.25, 0.3) is 0 Å². The van der Waals surface area contributed by atoms with Gasteiger partial charge in [-0.15, -0.1) is 0 Å². The van der Waals surface area contributed by atoms with E-state index in [1.54, 1.807) is 6.07 Å². The van der Waals surface area contributed by atoms with Crippen LogP contribution in [0.3, 0.4) is 0 Å². The van der Waals surface area contributed by atoms with Crippen LogP contribution in [0.15, 0.2) is 54.7 Å². The first-order valence-electron chi connectivity index (χ1n) is 7.66. The Labute approximate surface area is 135 Å². The molecule has 118 valence electrons. The highest BCUT2D eigenvalue weighted by Gasteiger charge is 2.13. The lowest BCUT2D eigenvalue weighted by atomic mass is 10.1. The van der Waals surface area contributed by atoms with Gasteiger partial charge in [-0.1, -0.05) is 19.1 Å². The maximum Gasteiger partial charge on any atom is 0.338 e. The second-order valence-electron chi connectivity index (χ2n) is 5.26. The van der Waals surface area contributed by atoms with E-state index in [9.17, 15) is 4.79 Å². The van der Waals surface area contributed by atoms with Gasteiger partial charge in [0.1, 0.15) is 5.75 Å². The molecule has 0 bridgehead atoms. The zero-order chi connectivity index (χ0) is 16.2. The number of benzene rings is 2. The molecule has 23 heavy (non-hydrogen) atoms. The minimum atomic E-state index is -0.326. The summed E-state index contributed by atoms with van der Waals surface area (Å²) in [4.78, 5) is 11.9. The predicted octanol–water partition coefficient (Wildman–Crippen LogP) is 4.21.